The summed E-state index contributed by atoms with van der Waals surface area (Å²) >= 11 is 0. The molecular formula is C17H20N6O. The third-order valence-corrected chi connectivity index (χ3v) is 4.58. The Morgan fingerprint density at radius 3 is 2.79 bits per heavy atom. The third kappa shape index (κ3) is 2.95. The van der Waals surface area contributed by atoms with Gasteiger partial charge in [0.25, 0.3) is 5.91 Å². The number of rotatable bonds is 3. The quantitative estimate of drug-likeness (QED) is 0.853. The van der Waals surface area contributed by atoms with Crippen LogP contribution in [0.25, 0.3) is 0 Å². The SMILES string of the molecule is CN(C(=O)c1cncn1C)C1CCN(c2ncccc2C#N)CC1. The number of imidazole rings is 1. The molecule has 0 bridgehead atoms. The molecule has 1 aliphatic heterocycles. The molecule has 124 valence electrons. The minimum Gasteiger partial charge on any atom is -0.355 e. The number of nitrogens with zero attached hydrogens (tertiary/aromatic N) is 6. The summed E-state index contributed by atoms with van der Waals surface area (Å²) < 4.78 is 1.74. The molecule has 1 fully saturated rings. The first-order valence-corrected chi connectivity index (χ1v) is 7.95. The van der Waals surface area contributed by atoms with Crippen LogP contribution in [0.4, 0.5) is 5.82 Å². The standard InChI is InChI=1S/C17H20N6O/c1-21-12-19-11-15(21)17(24)22(2)14-5-8-23(9-6-14)16-13(10-18)4-3-7-20-16/h3-4,7,11-12,14H,5-6,8-9H2,1-2H3. The summed E-state index contributed by atoms with van der Waals surface area (Å²) in [6.07, 6.45) is 6.64. The fourth-order valence-electron chi connectivity index (χ4n) is 3.11. The number of anilines is 1. The largest absolute Gasteiger partial charge is 0.355 e. The molecule has 2 aromatic heterocycles. The molecule has 3 rings (SSSR count). The first kappa shape index (κ1) is 16.0. The fraction of sp³-hybridized carbons (Fsp3) is 0.412. The van der Waals surface area contributed by atoms with Gasteiger partial charge in [0.1, 0.15) is 17.6 Å². The lowest BCUT2D eigenvalue weighted by Crippen LogP contribution is -2.46. The maximum Gasteiger partial charge on any atom is 0.272 e. The monoisotopic (exact) mass is 324 g/mol. The third-order valence-electron chi connectivity index (χ3n) is 4.58. The molecule has 7 nitrogen and oxygen atoms in total. The van der Waals surface area contributed by atoms with E-state index in [0.717, 1.165) is 31.7 Å². The highest BCUT2D eigenvalue weighted by Gasteiger charge is 2.28. The Labute approximate surface area is 141 Å². The van der Waals surface area contributed by atoms with Crippen molar-refractivity contribution in [2.24, 2.45) is 7.05 Å². The van der Waals surface area contributed by atoms with Crippen LogP contribution in [0.15, 0.2) is 30.9 Å². The van der Waals surface area contributed by atoms with Crippen molar-refractivity contribution in [1.29, 1.82) is 5.26 Å². The molecule has 1 saturated heterocycles. The molecule has 2 aromatic rings. The molecule has 0 atom stereocenters. The van der Waals surface area contributed by atoms with E-state index in [1.165, 1.54) is 0 Å². The van der Waals surface area contributed by atoms with Crippen LogP contribution in [-0.2, 0) is 7.05 Å². The number of pyridine rings is 1. The van der Waals surface area contributed by atoms with Crippen molar-refractivity contribution < 1.29 is 4.79 Å². The molecule has 0 aromatic carbocycles. The number of aromatic nitrogens is 3. The van der Waals surface area contributed by atoms with Crippen LogP contribution < -0.4 is 4.90 Å². The maximum absolute atomic E-state index is 12.6. The highest BCUT2D eigenvalue weighted by Crippen LogP contribution is 2.23. The molecule has 3 heterocycles. The van der Waals surface area contributed by atoms with E-state index in [4.69, 9.17) is 0 Å². The summed E-state index contributed by atoms with van der Waals surface area (Å²) in [5.41, 5.74) is 1.19. The number of nitriles is 1. The summed E-state index contributed by atoms with van der Waals surface area (Å²) in [6, 6.07) is 5.93. The number of aryl methyl sites for hydroxylation is 1. The maximum atomic E-state index is 12.6. The molecule has 1 aliphatic rings. The van der Waals surface area contributed by atoms with Gasteiger partial charge in [-0.3, -0.25) is 4.79 Å². The second kappa shape index (κ2) is 6.71. The van der Waals surface area contributed by atoms with Gasteiger partial charge in [-0.2, -0.15) is 5.26 Å². The van der Waals surface area contributed by atoms with E-state index in [0.29, 0.717) is 11.3 Å². The smallest absolute Gasteiger partial charge is 0.272 e. The first-order chi connectivity index (χ1) is 11.6. The van der Waals surface area contributed by atoms with Gasteiger partial charge in [0, 0.05) is 39.4 Å². The minimum absolute atomic E-state index is 0.0102. The van der Waals surface area contributed by atoms with Gasteiger partial charge >= 0.3 is 0 Å². The topological polar surface area (TPSA) is 78.1 Å². The zero-order valence-corrected chi connectivity index (χ0v) is 13.9. The van der Waals surface area contributed by atoms with Gasteiger partial charge in [-0.05, 0) is 25.0 Å². The van der Waals surface area contributed by atoms with Crippen molar-refractivity contribution >= 4 is 11.7 Å². The van der Waals surface area contributed by atoms with Crippen LogP contribution in [0.3, 0.4) is 0 Å². The van der Waals surface area contributed by atoms with Crippen molar-refractivity contribution in [3.8, 4) is 6.07 Å². The van der Waals surface area contributed by atoms with Gasteiger partial charge in [0.2, 0.25) is 0 Å². The molecule has 0 saturated carbocycles. The van der Waals surface area contributed by atoms with E-state index in [-0.39, 0.29) is 11.9 Å². The van der Waals surface area contributed by atoms with E-state index < -0.39 is 0 Å². The van der Waals surface area contributed by atoms with Crippen molar-refractivity contribution in [3.05, 3.63) is 42.1 Å². The van der Waals surface area contributed by atoms with Crippen molar-refractivity contribution in [2.75, 3.05) is 25.0 Å². The van der Waals surface area contributed by atoms with Crippen molar-refractivity contribution in [1.82, 2.24) is 19.4 Å². The highest BCUT2D eigenvalue weighted by atomic mass is 16.2. The van der Waals surface area contributed by atoms with Crippen LogP contribution in [0, 0.1) is 11.3 Å². The average molecular weight is 324 g/mol. The van der Waals surface area contributed by atoms with Gasteiger partial charge in [0.15, 0.2) is 0 Å². The summed E-state index contributed by atoms with van der Waals surface area (Å²) in [5.74, 6) is 0.725. The van der Waals surface area contributed by atoms with E-state index in [2.05, 4.69) is 20.9 Å². The predicted molar refractivity (Wildman–Crippen MR) is 89.5 cm³/mol. The van der Waals surface area contributed by atoms with Crippen LogP contribution >= 0.6 is 0 Å². The van der Waals surface area contributed by atoms with Gasteiger partial charge in [-0.15, -0.1) is 0 Å². The number of carbonyl (C=O) groups is 1. The second-order valence-electron chi connectivity index (χ2n) is 6.01. The molecule has 0 aliphatic carbocycles. The van der Waals surface area contributed by atoms with E-state index in [9.17, 15) is 10.1 Å². The zero-order valence-electron chi connectivity index (χ0n) is 13.9. The highest BCUT2D eigenvalue weighted by molar-refractivity contribution is 5.92. The molecule has 1 amide bonds. The Balaban J connectivity index is 1.66. The Hall–Kier alpha value is -2.88. The van der Waals surface area contributed by atoms with Crippen LogP contribution in [0.1, 0.15) is 28.9 Å². The Morgan fingerprint density at radius 2 is 2.17 bits per heavy atom. The van der Waals surface area contributed by atoms with Crippen molar-refractivity contribution in [3.63, 3.8) is 0 Å². The number of hydrogen-bond acceptors (Lipinski definition) is 5. The average Bonchev–Trinajstić information content (AvgIpc) is 3.06. The number of amides is 1. The Kier molecular flexibility index (Phi) is 4.47. The first-order valence-electron chi connectivity index (χ1n) is 7.95. The fourth-order valence-corrected chi connectivity index (χ4v) is 3.11. The Bertz CT molecular complexity index is 769. The molecule has 7 heteroatoms. The lowest BCUT2D eigenvalue weighted by molar-refractivity contribution is 0.0699. The van der Waals surface area contributed by atoms with Gasteiger partial charge in [-0.1, -0.05) is 0 Å². The van der Waals surface area contributed by atoms with Crippen LogP contribution in [0.5, 0.6) is 0 Å². The number of piperidine rings is 1. The van der Waals surface area contributed by atoms with Gasteiger partial charge < -0.3 is 14.4 Å². The van der Waals surface area contributed by atoms with Crippen LogP contribution in [0.2, 0.25) is 0 Å². The Morgan fingerprint density at radius 1 is 1.42 bits per heavy atom. The lowest BCUT2D eigenvalue weighted by atomic mass is 10.0. The second-order valence-corrected chi connectivity index (χ2v) is 6.01. The van der Waals surface area contributed by atoms with E-state index >= 15 is 0 Å². The van der Waals surface area contributed by atoms with E-state index in [1.807, 2.05) is 14.1 Å². The predicted octanol–water partition coefficient (Wildman–Crippen LogP) is 1.43. The summed E-state index contributed by atoms with van der Waals surface area (Å²) in [6.45, 7) is 1.55. The minimum atomic E-state index is -0.0102. The summed E-state index contributed by atoms with van der Waals surface area (Å²) in [7, 11) is 3.66. The van der Waals surface area contributed by atoms with Crippen molar-refractivity contribution in [2.45, 2.75) is 18.9 Å². The van der Waals surface area contributed by atoms with Gasteiger partial charge in [-0.25, -0.2) is 9.97 Å². The summed E-state index contributed by atoms with van der Waals surface area (Å²) in [4.78, 5) is 24.9. The molecule has 0 unspecified atom stereocenters. The molecule has 24 heavy (non-hydrogen) atoms. The van der Waals surface area contributed by atoms with E-state index in [1.54, 1.807) is 40.3 Å². The lowest BCUT2D eigenvalue weighted by Gasteiger charge is -2.37. The molecule has 0 N–H and O–H groups in total. The summed E-state index contributed by atoms with van der Waals surface area (Å²) in [5, 5.41) is 9.22. The normalized spacial score (nSPS) is 15.1. The molecule has 0 spiro atoms. The van der Waals surface area contributed by atoms with Crippen LogP contribution in [-0.4, -0.2) is 51.5 Å². The molecule has 0 radical (unpaired) electrons. The zero-order chi connectivity index (χ0) is 17.1. The number of carbonyl (C=O) groups excluding carboxylic acids is 1. The number of hydrogen-bond donors (Lipinski definition) is 0. The van der Waals surface area contributed by atoms with Gasteiger partial charge in [0.05, 0.1) is 18.1 Å². The molecular weight excluding hydrogens is 304 g/mol.